The quantitative estimate of drug-likeness (QED) is 0.851. The lowest BCUT2D eigenvalue weighted by Gasteiger charge is -2.16. The molecule has 0 saturated heterocycles. The Bertz CT molecular complexity index is 358. The smallest absolute Gasteiger partial charge is 0.129 e. The van der Waals surface area contributed by atoms with Crippen molar-refractivity contribution in [2.24, 2.45) is 0 Å². The van der Waals surface area contributed by atoms with Gasteiger partial charge in [0.05, 0.1) is 6.10 Å². The van der Waals surface area contributed by atoms with Gasteiger partial charge in [-0.05, 0) is 25.0 Å². The van der Waals surface area contributed by atoms with Crippen molar-refractivity contribution >= 4 is 0 Å². The van der Waals surface area contributed by atoms with Crippen molar-refractivity contribution in [1.29, 1.82) is 0 Å². The molecule has 0 aromatic heterocycles. The molecule has 1 heterocycles. The van der Waals surface area contributed by atoms with Crippen molar-refractivity contribution in [3.05, 3.63) is 23.8 Å². The van der Waals surface area contributed by atoms with Gasteiger partial charge in [0.2, 0.25) is 0 Å². The first-order valence-corrected chi connectivity index (χ1v) is 5.86. The summed E-state index contributed by atoms with van der Waals surface area (Å²) < 4.78 is 11.2. The van der Waals surface area contributed by atoms with Gasteiger partial charge in [-0.2, -0.15) is 0 Å². The fourth-order valence-electron chi connectivity index (χ4n) is 1.89. The van der Waals surface area contributed by atoms with Crippen molar-refractivity contribution < 1.29 is 14.6 Å². The van der Waals surface area contributed by atoms with Crippen molar-refractivity contribution in [3.63, 3.8) is 0 Å². The van der Waals surface area contributed by atoms with Crippen LogP contribution in [0.25, 0.3) is 0 Å². The topological polar surface area (TPSA) is 38.7 Å². The SMILES string of the molecule is CCC(CC)Oc1ccc2c(c1)OCC2O. The van der Waals surface area contributed by atoms with Gasteiger partial charge in [0.25, 0.3) is 0 Å². The van der Waals surface area contributed by atoms with Crippen LogP contribution < -0.4 is 9.47 Å². The molecule has 3 heteroatoms. The van der Waals surface area contributed by atoms with E-state index in [2.05, 4.69) is 13.8 Å². The third kappa shape index (κ3) is 2.14. The van der Waals surface area contributed by atoms with E-state index < -0.39 is 6.10 Å². The highest BCUT2D eigenvalue weighted by Crippen LogP contribution is 2.35. The molecule has 2 rings (SSSR count). The normalized spacial score (nSPS) is 18.4. The largest absolute Gasteiger partial charge is 0.490 e. The molecule has 1 aliphatic rings. The predicted octanol–water partition coefficient (Wildman–Crippen LogP) is 2.68. The minimum atomic E-state index is -0.489. The van der Waals surface area contributed by atoms with E-state index in [9.17, 15) is 5.11 Å². The predicted molar refractivity (Wildman–Crippen MR) is 61.9 cm³/mol. The van der Waals surface area contributed by atoms with Crippen LogP contribution in [0.2, 0.25) is 0 Å². The number of hydrogen-bond acceptors (Lipinski definition) is 3. The van der Waals surface area contributed by atoms with E-state index >= 15 is 0 Å². The summed E-state index contributed by atoms with van der Waals surface area (Å²) in [7, 11) is 0. The maximum Gasteiger partial charge on any atom is 0.129 e. The Morgan fingerprint density at radius 2 is 2.19 bits per heavy atom. The summed E-state index contributed by atoms with van der Waals surface area (Å²) in [5.41, 5.74) is 0.858. The maximum atomic E-state index is 9.58. The number of rotatable bonds is 4. The molecule has 1 unspecified atom stereocenters. The number of ether oxygens (including phenoxy) is 2. The van der Waals surface area contributed by atoms with Gasteiger partial charge in [-0.25, -0.2) is 0 Å². The minimum Gasteiger partial charge on any atom is -0.490 e. The third-order valence-electron chi connectivity index (χ3n) is 2.95. The molecule has 16 heavy (non-hydrogen) atoms. The monoisotopic (exact) mass is 222 g/mol. The summed E-state index contributed by atoms with van der Waals surface area (Å²) in [6.07, 6.45) is 1.76. The second-order valence-electron chi connectivity index (χ2n) is 4.08. The second-order valence-corrected chi connectivity index (χ2v) is 4.08. The molecular formula is C13H18O3. The summed E-state index contributed by atoms with van der Waals surface area (Å²) in [6.45, 7) is 4.58. The van der Waals surface area contributed by atoms with Crippen LogP contribution in [0.1, 0.15) is 38.4 Å². The Balaban J connectivity index is 2.13. The van der Waals surface area contributed by atoms with Crippen LogP contribution >= 0.6 is 0 Å². The Morgan fingerprint density at radius 3 is 2.88 bits per heavy atom. The fourth-order valence-corrected chi connectivity index (χ4v) is 1.89. The molecule has 1 aromatic rings. The van der Waals surface area contributed by atoms with Gasteiger partial charge in [0.1, 0.15) is 24.2 Å². The molecule has 0 fully saturated rings. The third-order valence-corrected chi connectivity index (χ3v) is 2.95. The van der Waals surface area contributed by atoms with E-state index in [1.807, 2.05) is 18.2 Å². The lowest BCUT2D eigenvalue weighted by Crippen LogP contribution is -2.13. The molecule has 0 saturated carbocycles. The van der Waals surface area contributed by atoms with E-state index in [1.54, 1.807) is 0 Å². The maximum absolute atomic E-state index is 9.58. The molecule has 1 aromatic carbocycles. The van der Waals surface area contributed by atoms with Crippen LogP contribution in [-0.4, -0.2) is 17.8 Å². The van der Waals surface area contributed by atoms with Gasteiger partial charge < -0.3 is 14.6 Å². The summed E-state index contributed by atoms with van der Waals surface area (Å²) in [6, 6.07) is 5.64. The van der Waals surface area contributed by atoms with E-state index in [0.717, 1.165) is 29.9 Å². The lowest BCUT2D eigenvalue weighted by molar-refractivity contribution is 0.140. The molecule has 0 aliphatic carbocycles. The van der Waals surface area contributed by atoms with Gasteiger partial charge in [-0.3, -0.25) is 0 Å². The molecule has 1 N–H and O–H groups in total. The first kappa shape index (κ1) is 11.3. The van der Waals surface area contributed by atoms with Crippen LogP contribution in [0.4, 0.5) is 0 Å². The molecule has 0 spiro atoms. The number of benzene rings is 1. The van der Waals surface area contributed by atoms with Crippen LogP contribution in [0.15, 0.2) is 18.2 Å². The van der Waals surface area contributed by atoms with Crippen molar-refractivity contribution in [3.8, 4) is 11.5 Å². The highest BCUT2D eigenvalue weighted by atomic mass is 16.5. The first-order chi connectivity index (χ1) is 7.74. The Labute approximate surface area is 96.0 Å². The minimum absolute atomic E-state index is 0.254. The molecular weight excluding hydrogens is 204 g/mol. The van der Waals surface area contributed by atoms with Crippen molar-refractivity contribution in [1.82, 2.24) is 0 Å². The molecule has 1 aliphatic heterocycles. The summed E-state index contributed by atoms with van der Waals surface area (Å²) in [5.74, 6) is 1.57. The van der Waals surface area contributed by atoms with E-state index in [1.165, 1.54) is 0 Å². The van der Waals surface area contributed by atoms with Gasteiger partial charge >= 0.3 is 0 Å². The fraction of sp³-hybridized carbons (Fsp3) is 0.538. The van der Waals surface area contributed by atoms with Gasteiger partial charge in [-0.1, -0.05) is 13.8 Å². The number of aliphatic hydroxyl groups excluding tert-OH is 1. The van der Waals surface area contributed by atoms with E-state index in [0.29, 0.717) is 6.61 Å². The lowest BCUT2D eigenvalue weighted by atomic mass is 10.1. The molecule has 0 amide bonds. The molecule has 88 valence electrons. The van der Waals surface area contributed by atoms with Crippen molar-refractivity contribution in [2.45, 2.75) is 38.9 Å². The van der Waals surface area contributed by atoms with Crippen molar-refractivity contribution in [2.75, 3.05) is 6.61 Å². The molecule has 1 atom stereocenters. The Kier molecular flexibility index (Phi) is 3.34. The zero-order valence-corrected chi connectivity index (χ0v) is 9.77. The highest BCUT2D eigenvalue weighted by molar-refractivity contribution is 5.44. The van der Waals surface area contributed by atoms with Crippen LogP contribution in [0.3, 0.4) is 0 Å². The van der Waals surface area contributed by atoms with Crippen LogP contribution in [0.5, 0.6) is 11.5 Å². The number of hydrogen-bond donors (Lipinski definition) is 1. The van der Waals surface area contributed by atoms with Gasteiger partial charge in [0.15, 0.2) is 0 Å². The van der Waals surface area contributed by atoms with E-state index in [-0.39, 0.29) is 6.10 Å². The molecule has 0 bridgehead atoms. The van der Waals surface area contributed by atoms with Gasteiger partial charge in [-0.15, -0.1) is 0 Å². The second kappa shape index (κ2) is 4.74. The average Bonchev–Trinajstić information content (AvgIpc) is 2.68. The zero-order chi connectivity index (χ0) is 11.5. The summed E-state index contributed by atoms with van der Waals surface area (Å²) >= 11 is 0. The van der Waals surface area contributed by atoms with Gasteiger partial charge in [0, 0.05) is 11.6 Å². The summed E-state index contributed by atoms with van der Waals surface area (Å²) in [4.78, 5) is 0. The number of fused-ring (bicyclic) bond motifs is 1. The standard InChI is InChI=1S/C13H18O3/c1-3-9(4-2)16-10-5-6-11-12(14)8-15-13(11)7-10/h5-7,9,12,14H,3-4,8H2,1-2H3. The first-order valence-electron chi connectivity index (χ1n) is 5.86. The zero-order valence-electron chi connectivity index (χ0n) is 9.77. The highest BCUT2D eigenvalue weighted by Gasteiger charge is 2.22. The molecule has 0 radical (unpaired) electrons. The Morgan fingerprint density at radius 1 is 1.44 bits per heavy atom. The Hall–Kier alpha value is -1.22. The number of aliphatic hydroxyl groups is 1. The average molecular weight is 222 g/mol. The molecule has 3 nitrogen and oxygen atoms in total. The van der Waals surface area contributed by atoms with Crippen LogP contribution in [0, 0.1) is 0 Å². The van der Waals surface area contributed by atoms with E-state index in [4.69, 9.17) is 9.47 Å². The summed E-state index contributed by atoms with van der Waals surface area (Å²) in [5, 5.41) is 9.58. The van der Waals surface area contributed by atoms with Crippen LogP contribution in [-0.2, 0) is 0 Å².